The SMILES string of the molecule is FC(F)(F)c1cccc2c1OC(OC1CCCCC1)CC2. The number of aryl methyl sites for hydroxylation is 1. The third kappa shape index (κ3) is 3.34. The Kier molecular flexibility index (Phi) is 4.11. The van der Waals surface area contributed by atoms with Gasteiger partial charge in [0, 0.05) is 6.42 Å². The normalized spacial score (nSPS) is 23.5. The van der Waals surface area contributed by atoms with Gasteiger partial charge in [0.15, 0.2) is 6.29 Å². The van der Waals surface area contributed by atoms with E-state index in [4.69, 9.17) is 9.47 Å². The van der Waals surface area contributed by atoms with Crippen LogP contribution in [0.5, 0.6) is 5.75 Å². The van der Waals surface area contributed by atoms with Gasteiger partial charge in [-0.25, -0.2) is 0 Å². The highest BCUT2D eigenvalue weighted by Gasteiger charge is 2.37. The van der Waals surface area contributed by atoms with Gasteiger partial charge in [0.05, 0.1) is 11.7 Å². The Labute approximate surface area is 122 Å². The van der Waals surface area contributed by atoms with E-state index in [0.29, 0.717) is 18.4 Å². The first-order valence-corrected chi connectivity index (χ1v) is 7.55. The molecule has 5 heteroatoms. The Balaban J connectivity index is 1.74. The van der Waals surface area contributed by atoms with E-state index in [1.165, 1.54) is 12.5 Å². The molecule has 116 valence electrons. The molecule has 2 nitrogen and oxygen atoms in total. The van der Waals surface area contributed by atoms with Crippen molar-refractivity contribution in [2.45, 2.75) is 63.5 Å². The molecule has 0 aromatic heterocycles. The van der Waals surface area contributed by atoms with Gasteiger partial charge in [-0.3, -0.25) is 0 Å². The number of benzene rings is 1. The van der Waals surface area contributed by atoms with Crippen LogP contribution in [0.25, 0.3) is 0 Å². The molecule has 0 saturated heterocycles. The number of halogens is 3. The lowest BCUT2D eigenvalue weighted by Gasteiger charge is -2.32. The van der Waals surface area contributed by atoms with E-state index in [-0.39, 0.29) is 11.9 Å². The molecule has 1 aromatic rings. The van der Waals surface area contributed by atoms with Crippen LogP contribution in [0, 0.1) is 0 Å². The van der Waals surface area contributed by atoms with Crippen molar-refractivity contribution in [2.75, 3.05) is 0 Å². The minimum absolute atomic E-state index is 0.0444. The number of rotatable bonds is 2. The van der Waals surface area contributed by atoms with Gasteiger partial charge in [-0.1, -0.05) is 31.4 Å². The van der Waals surface area contributed by atoms with Crippen molar-refractivity contribution in [2.24, 2.45) is 0 Å². The van der Waals surface area contributed by atoms with Gasteiger partial charge in [0.1, 0.15) is 5.75 Å². The molecule has 3 rings (SSSR count). The second-order valence-electron chi connectivity index (χ2n) is 5.77. The highest BCUT2D eigenvalue weighted by atomic mass is 19.4. The molecular formula is C16H19F3O2. The zero-order valence-corrected chi connectivity index (χ0v) is 11.8. The van der Waals surface area contributed by atoms with Crippen molar-refractivity contribution >= 4 is 0 Å². The second-order valence-corrected chi connectivity index (χ2v) is 5.77. The quantitative estimate of drug-likeness (QED) is 0.787. The summed E-state index contributed by atoms with van der Waals surface area (Å²) in [5, 5.41) is 0. The number of alkyl halides is 3. The van der Waals surface area contributed by atoms with Crippen LogP contribution in [0.15, 0.2) is 18.2 Å². The van der Waals surface area contributed by atoms with E-state index in [1.807, 2.05) is 0 Å². The summed E-state index contributed by atoms with van der Waals surface area (Å²) in [7, 11) is 0. The Hall–Kier alpha value is -1.23. The molecule has 1 heterocycles. The van der Waals surface area contributed by atoms with Crippen LogP contribution < -0.4 is 4.74 Å². The lowest BCUT2D eigenvalue weighted by molar-refractivity contribution is -0.153. The zero-order chi connectivity index (χ0) is 14.9. The van der Waals surface area contributed by atoms with Crippen molar-refractivity contribution in [3.63, 3.8) is 0 Å². The van der Waals surface area contributed by atoms with Crippen molar-refractivity contribution in [3.8, 4) is 5.75 Å². The van der Waals surface area contributed by atoms with Crippen LogP contribution in [0.1, 0.15) is 49.7 Å². The van der Waals surface area contributed by atoms with Crippen LogP contribution in [0.4, 0.5) is 13.2 Å². The summed E-state index contributed by atoms with van der Waals surface area (Å²) in [6, 6.07) is 4.20. The molecule has 1 aliphatic heterocycles. The largest absolute Gasteiger partial charge is 0.464 e. The monoisotopic (exact) mass is 300 g/mol. The van der Waals surface area contributed by atoms with E-state index in [0.717, 1.165) is 31.7 Å². The highest BCUT2D eigenvalue weighted by Crippen LogP contribution is 2.41. The molecule has 21 heavy (non-hydrogen) atoms. The molecule has 1 atom stereocenters. The first-order valence-electron chi connectivity index (χ1n) is 7.55. The number of fused-ring (bicyclic) bond motifs is 1. The molecule has 1 saturated carbocycles. The number of para-hydroxylation sites is 1. The van der Waals surface area contributed by atoms with Crippen LogP contribution >= 0.6 is 0 Å². The molecule has 1 aromatic carbocycles. The summed E-state index contributed by atoms with van der Waals surface area (Å²) >= 11 is 0. The van der Waals surface area contributed by atoms with E-state index in [1.54, 1.807) is 6.07 Å². The average molecular weight is 300 g/mol. The smallest absolute Gasteiger partial charge is 0.419 e. The molecule has 1 aliphatic carbocycles. The van der Waals surface area contributed by atoms with Gasteiger partial charge in [-0.05, 0) is 30.9 Å². The average Bonchev–Trinajstić information content (AvgIpc) is 2.46. The van der Waals surface area contributed by atoms with Crippen LogP contribution in [0.2, 0.25) is 0 Å². The third-order valence-corrected chi connectivity index (χ3v) is 4.20. The maximum absolute atomic E-state index is 13.0. The van der Waals surface area contributed by atoms with Gasteiger partial charge in [-0.2, -0.15) is 13.2 Å². The van der Waals surface area contributed by atoms with Gasteiger partial charge >= 0.3 is 6.18 Å². The molecule has 0 radical (unpaired) electrons. The second kappa shape index (κ2) is 5.87. The molecule has 0 bridgehead atoms. The number of hydrogen-bond donors (Lipinski definition) is 0. The van der Waals surface area contributed by atoms with Gasteiger partial charge in [0.2, 0.25) is 0 Å². The fourth-order valence-corrected chi connectivity index (χ4v) is 3.12. The van der Waals surface area contributed by atoms with E-state index < -0.39 is 18.0 Å². The highest BCUT2D eigenvalue weighted by molar-refractivity contribution is 5.44. The Morgan fingerprint density at radius 2 is 1.81 bits per heavy atom. The van der Waals surface area contributed by atoms with Crippen molar-refractivity contribution in [1.82, 2.24) is 0 Å². The summed E-state index contributed by atoms with van der Waals surface area (Å²) < 4.78 is 50.5. The zero-order valence-electron chi connectivity index (χ0n) is 11.8. The predicted molar refractivity (Wildman–Crippen MR) is 72.1 cm³/mol. The van der Waals surface area contributed by atoms with E-state index in [2.05, 4.69) is 0 Å². The lowest BCUT2D eigenvalue weighted by atomic mass is 9.97. The van der Waals surface area contributed by atoms with Gasteiger partial charge < -0.3 is 9.47 Å². The first kappa shape index (κ1) is 14.7. The molecule has 0 N–H and O–H groups in total. The third-order valence-electron chi connectivity index (χ3n) is 4.20. The van der Waals surface area contributed by atoms with Crippen LogP contribution in [-0.2, 0) is 17.3 Å². The van der Waals surface area contributed by atoms with Crippen molar-refractivity contribution in [3.05, 3.63) is 29.3 Å². The number of ether oxygens (including phenoxy) is 2. The predicted octanol–water partition coefficient (Wildman–Crippen LogP) is 4.71. The standard InChI is InChI=1S/C16H19F3O2/c17-16(18,19)13-8-4-5-11-9-10-14(21-15(11)13)20-12-6-2-1-3-7-12/h4-5,8,12,14H,1-3,6-7,9-10H2. The molecule has 1 unspecified atom stereocenters. The van der Waals surface area contributed by atoms with Crippen LogP contribution in [-0.4, -0.2) is 12.4 Å². The van der Waals surface area contributed by atoms with E-state index in [9.17, 15) is 13.2 Å². The van der Waals surface area contributed by atoms with Gasteiger partial charge in [0.25, 0.3) is 0 Å². The maximum Gasteiger partial charge on any atom is 0.419 e. The summed E-state index contributed by atoms with van der Waals surface area (Å²) in [4.78, 5) is 0. The first-order chi connectivity index (χ1) is 10.0. The molecule has 2 aliphatic rings. The van der Waals surface area contributed by atoms with Crippen LogP contribution in [0.3, 0.4) is 0 Å². The molecular weight excluding hydrogens is 281 g/mol. The molecule has 0 amide bonds. The topological polar surface area (TPSA) is 18.5 Å². The Morgan fingerprint density at radius 1 is 1.05 bits per heavy atom. The summed E-state index contributed by atoms with van der Waals surface area (Å²) in [5.74, 6) is -0.0444. The maximum atomic E-state index is 13.0. The minimum atomic E-state index is -4.39. The molecule has 1 fully saturated rings. The fourth-order valence-electron chi connectivity index (χ4n) is 3.12. The summed E-state index contributed by atoms with van der Waals surface area (Å²) in [6.07, 6.45) is 1.80. The summed E-state index contributed by atoms with van der Waals surface area (Å²) in [5.41, 5.74) is -0.0785. The lowest BCUT2D eigenvalue weighted by Crippen LogP contribution is -2.32. The van der Waals surface area contributed by atoms with Gasteiger partial charge in [-0.15, -0.1) is 0 Å². The molecule has 0 spiro atoms. The fraction of sp³-hybridized carbons (Fsp3) is 0.625. The Morgan fingerprint density at radius 3 is 2.52 bits per heavy atom. The van der Waals surface area contributed by atoms with Crippen molar-refractivity contribution < 1.29 is 22.6 Å². The summed E-state index contributed by atoms with van der Waals surface area (Å²) in [6.45, 7) is 0. The minimum Gasteiger partial charge on any atom is -0.464 e. The number of hydrogen-bond acceptors (Lipinski definition) is 2. The van der Waals surface area contributed by atoms with Crippen molar-refractivity contribution in [1.29, 1.82) is 0 Å². The Bertz CT molecular complexity index is 493. The van der Waals surface area contributed by atoms with E-state index >= 15 is 0 Å².